The topological polar surface area (TPSA) is 16.4 Å². The van der Waals surface area contributed by atoms with Gasteiger partial charge in [0.15, 0.2) is 0 Å². The molecule has 0 atom stereocenters. The number of hydrogen-bond acceptors (Lipinski definition) is 2. The monoisotopic (exact) mass is 789 g/mol. The van der Waals surface area contributed by atoms with Crippen molar-refractivity contribution >= 4 is 71.3 Å². The maximum Gasteiger partial charge on any atom is 0.145 e. The zero-order valence-electron chi connectivity index (χ0n) is 33.9. The molecule has 0 aliphatic carbocycles. The summed E-state index contributed by atoms with van der Waals surface area (Å²) in [7, 11) is 0. The van der Waals surface area contributed by atoms with Gasteiger partial charge in [0.2, 0.25) is 0 Å². The van der Waals surface area contributed by atoms with Crippen LogP contribution in [0.5, 0.6) is 0 Å². The molecular weight excluding hydrogens is 751 g/mol. The summed E-state index contributed by atoms with van der Waals surface area (Å²) in [5, 5.41) is 9.48. The molecule has 0 fully saturated rings. The smallest absolute Gasteiger partial charge is 0.145 e. The second-order valence-electron chi connectivity index (χ2n) is 16.0. The third-order valence-corrected chi connectivity index (χ3v) is 12.4. The highest BCUT2D eigenvalue weighted by Gasteiger charge is 2.24. The van der Waals surface area contributed by atoms with E-state index in [1.807, 2.05) is 0 Å². The highest BCUT2D eigenvalue weighted by molar-refractivity contribution is 6.21. The molecule has 12 rings (SSSR count). The molecule has 0 saturated carbocycles. The first-order valence-electron chi connectivity index (χ1n) is 21.2. The molecule has 0 amide bonds. The first-order chi connectivity index (χ1) is 30.7. The molecule has 11 aromatic carbocycles. The Labute approximate surface area is 360 Å². The maximum absolute atomic E-state index is 7.03. The minimum atomic E-state index is 0.858. The number of nitrogens with zero attached hydrogens (tertiary/aromatic N) is 1. The van der Waals surface area contributed by atoms with Crippen LogP contribution in [0.25, 0.3) is 98.8 Å². The third-order valence-electron chi connectivity index (χ3n) is 12.4. The predicted octanol–water partition coefficient (Wildman–Crippen LogP) is 17.2. The van der Waals surface area contributed by atoms with Crippen LogP contribution in [-0.2, 0) is 0 Å². The SMILES string of the molecule is c1ccc(-c2ccccc2-c2cccc(N(c3cccc(-c4ccc5ccccc5c4)c3)c3ccc(-c4cc5ccccc5c5ccccc45)c4oc5ccccc5c34)c2)cc1. The number of rotatable bonds is 7. The fourth-order valence-electron chi connectivity index (χ4n) is 9.52. The van der Waals surface area contributed by atoms with Gasteiger partial charge in [0.05, 0.1) is 11.1 Å². The quantitative estimate of drug-likeness (QED) is 0.150. The summed E-state index contributed by atoms with van der Waals surface area (Å²) < 4.78 is 7.03. The largest absolute Gasteiger partial charge is 0.455 e. The van der Waals surface area contributed by atoms with Gasteiger partial charge in [-0.1, -0.05) is 182 Å². The average Bonchev–Trinajstić information content (AvgIpc) is 3.74. The fraction of sp³-hybridized carbons (Fsp3) is 0. The summed E-state index contributed by atoms with van der Waals surface area (Å²) in [6.07, 6.45) is 0. The molecule has 0 unspecified atom stereocenters. The molecule has 0 radical (unpaired) electrons. The van der Waals surface area contributed by atoms with Gasteiger partial charge in [0, 0.05) is 22.3 Å². The molecule has 1 heterocycles. The van der Waals surface area contributed by atoms with Gasteiger partial charge in [0.1, 0.15) is 11.2 Å². The second-order valence-corrected chi connectivity index (χ2v) is 16.0. The van der Waals surface area contributed by atoms with Crippen LogP contribution in [0.15, 0.2) is 241 Å². The van der Waals surface area contributed by atoms with Crippen molar-refractivity contribution in [3.05, 3.63) is 237 Å². The summed E-state index contributed by atoms with van der Waals surface area (Å²) in [6, 6.07) is 85.4. The Balaban J connectivity index is 1.12. The Morgan fingerprint density at radius 3 is 1.68 bits per heavy atom. The van der Waals surface area contributed by atoms with Gasteiger partial charge in [-0.25, -0.2) is 0 Å². The first kappa shape index (κ1) is 35.7. The van der Waals surface area contributed by atoms with E-state index in [0.717, 1.165) is 61.3 Å². The van der Waals surface area contributed by atoms with Gasteiger partial charge in [-0.2, -0.15) is 0 Å². The number of furan rings is 1. The highest BCUT2D eigenvalue weighted by atomic mass is 16.3. The normalized spacial score (nSPS) is 11.5. The molecule has 0 aliphatic rings. The Hall–Kier alpha value is -8.20. The molecule has 12 aromatic rings. The molecule has 0 aliphatic heterocycles. The lowest BCUT2D eigenvalue weighted by Crippen LogP contribution is -2.11. The van der Waals surface area contributed by atoms with Crippen LogP contribution in [0.1, 0.15) is 0 Å². The van der Waals surface area contributed by atoms with Gasteiger partial charge in [-0.05, 0) is 126 Å². The highest BCUT2D eigenvalue weighted by Crippen LogP contribution is 2.49. The van der Waals surface area contributed by atoms with Gasteiger partial charge < -0.3 is 9.32 Å². The van der Waals surface area contributed by atoms with E-state index < -0.39 is 0 Å². The number of hydrogen-bond donors (Lipinski definition) is 0. The van der Waals surface area contributed by atoms with Crippen LogP contribution >= 0.6 is 0 Å². The van der Waals surface area contributed by atoms with E-state index >= 15 is 0 Å². The first-order valence-corrected chi connectivity index (χ1v) is 21.2. The van der Waals surface area contributed by atoms with Crippen LogP contribution in [-0.4, -0.2) is 0 Å². The minimum Gasteiger partial charge on any atom is -0.455 e. The molecule has 0 bridgehead atoms. The molecule has 290 valence electrons. The summed E-state index contributed by atoms with van der Waals surface area (Å²) in [5.41, 5.74) is 14.1. The van der Waals surface area contributed by atoms with E-state index in [1.54, 1.807) is 0 Å². The maximum atomic E-state index is 7.03. The molecule has 2 heteroatoms. The summed E-state index contributed by atoms with van der Waals surface area (Å²) in [6.45, 7) is 0. The van der Waals surface area contributed by atoms with E-state index in [1.165, 1.54) is 54.6 Å². The summed E-state index contributed by atoms with van der Waals surface area (Å²) in [5.74, 6) is 0. The van der Waals surface area contributed by atoms with Gasteiger partial charge in [-0.3, -0.25) is 0 Å². The second kappa shape index (κ2) is 14.8. The molecule has 0 N–H and O–H groups in total. The Bertz CT molecular complexity index is 3650. The third kappa shape index (κ3) is 6.04. The van der Waals surface area contributed by atoms with Gasteiger partial charge >= 0.3 is 0 Å². The molecular formula is C60H39NO. The molecule has 0 spiro atoms. The van der Waals surface area contributed by atoms with Gasteiger partial charge in [0.25, 0.3) is 0 Å². The van der Waals surface area contributed by atoms with E-state index in [4.69, 9.17) is 4.42 Å². The Morgan fingerprint density at radius 2 is 0.871 bits per heavy atom. The molecule has 62 heavy (non-hydrogen) atoms. The van der Waals surface area contributed by atoms with Crippen molar-refractivity contribution in [1.82, 2.24) is 0 Å². The van der Waals surface area contributed by atoms with E-state index in [2.05, 4.69) is 241 Å². The van der Waals surface area contributed by atoms with E-state index in [9.17, 15) is 0 Å². The van der Waals surface area contributed by atoms with E-state index in [-0.39, 0.29) is 0 Å². The zero-order chi connectivity index (χ0) is 41.0. The molecule has 0 saturated heterocycles. The van der Waals surface area contributed by atoms with Crippen molar-refractivity contribution in [2.45, 2.75) is 0 Å². The van der Waals surface area contributed by atoms with Crippen molar-refractivity contribution in [2.24, 2.45) is 0 Å². The van der Waals surface area contributed by atoms with Crippen LogP contribution in [0.3, 0.4) is 0 Å². The average molecular weight is 790 g/mol. The van der Waals surface area contributed by atoms with Crippen LogP contribution in [0.2, 0.25) is 0 Å². The van der Waals surface area contributed by atoms with Gasteiger partial charge in [-0.15, -0.1) is 0 Å². The number of anilines is 3. The predicted molar refractivity (Wildman–Crippen MR) is 263 cm³/mol. The Morgan fingerprint density at radius 1 is 0.290 bits per heavy atom. The molecule has 2 nitrogen and oxygen atoms in total. The summed E-state index contributed by atoms with van der Waals surface area (Å²) >= 11 is 0. The summed E-state index contributed by atoms with van der Waals surface area (Å²) in [4.78, 5) is 2.42. The van der Waals surface area contributed by atoms with E-state index in [0.29, 0.717) is 0 Å². The van der Waals surface area contributed by atoms with Crippen molar-refractivity contribution in [3.63, 3.8) is 0 Å². The zero-order valence-corrected chi connectivity index (χ0v) is 33.9. The van der Waals surface area contributed by atoms with Crippen molar-refractivity contribution in [2.75, 3.05) is 4.90 Å². The number of fused-ring (bicyclic) bond motifs is 7. The lowest BCUT2D eigenvalue weighted by molar-refractivity contribution is 0.670. The molecule has 1 aromatic heterocycles. The van der Waals surface area contributed by atoms with Crippen LogP contribution in [0.4, 0.5) is 17.1 Å². The van der Waals surface area contributed by atoms with Crippen molar-refractivity contribution < 1.29 is 4.42 Å². The lowest BCUT2D eigenvalue weighted by Gasteiger charge is -2.28. The lowest BCUT2D eigenvalue weighted by atomic mass is 9.91. The van der Waals surface area contributed by atoms with Crippen molar-refractivity contribution in [1.29, 1.82) is 0 Å². The number of para-hydroxylation sites is 1. The minimum absolute atomic E-state index is 0.858. The number of benzene rings is 11. The van der Waals surface area contributed by atoms with Crippen molar-refractivity contribution in [3.8, 4) is 44.5 Å². The fourth-order valence-corrected chi connectivity index (χ4v) is 9.52. The van der Waals surface area contributed by atoms with Crippen LogP contribution in [0, 0.1) is 0 Å². The van der Waals surface area contributed by atoms with Crippen LogP contribution < -0.4 is 4.90 Å². The standard InChI is InChI=1S/C60H39NO/c1-2-17-41(18-3-1)49-25-8-9-26-50(49)45-22-15-24-48(38-45)61(47-23-14-21-43(37-47)44-33-32-40-16-4-5-19-42(40)36-44)57-35-34-54(60-59(57)55-30-12-13-31-58(55)62-60)56-39-46-20-6-7-27-51(46)52-28-10-11-29-53(52)56/h1-39H. The Kier molecular flexibility index (Phi) is 8.53.